The lowest BCUT2D eigenvalue weighted by atomic mass is 10.1. The average molecular weight is 268 g/mol. The molecular formula is C13H24N4S. The van der Waals surface area contributed by atoms with Crippen molar-refractivity contribution in [1.29, 1.82) is 0 Å². The van der Waals surface area contributed by atoms with Crippen molar-refractivity contribution < 1.29 is 0 Å². The van der Waals surface area contributed by atoms with Crippen molar-refractivity contribution in [2.75, 3.05) is 12.8 Å². The van der Waals surface area contributed by atoms with Crippen molar-refractivity contribution in [3.05, 3.63) is 12.2 Å². The quantitative estimate of drug-likeness (QED) is 0.861. The molecule has 0 aliphatic heterocycles. The Bertz CT molecular complexity index is 369. The molecule has 0 spiro atoms. The molecule has 1 N–H and O–H groups in total. The first-order valence-corrected chi connectivity index (χ1v) is 8.03. The fourth-order valence-corrected chi connectivity index (χ4v) is 3.65. The molecule has 0 amide bonds. The molecule has 0 radical (unpaired) electrons. The molecule has 2 rings (SSSR count). The maximum Gasteiger partial charge on any atom is 0.141 e. The molecule has 102 valence electrons. The number of nitrogens with one attached hydrogen (secondary N) is 1. The predicted octanol–water partition coefficient (Wildman–Crippen LogP) is 2.62. The summed E-state index contributed by atoms with van der Waals surface area (Å²) in [6, 6.07) is 0.380. The molecule has 5 heteroatoms. The van der Waals surface area contributed by atoms with Gasteiger partial charge in [0, 0.05) is 17.3 Å². The number of hydrogen-bond acceptors (Lipinski definition) is 4. The van der Waals surface area contributed by atoms with E-state index in [-0.39, 0.29) is 0 Å². The van der Waals surface area contributed by atoms with Crippen LogP contribution in [-0.4, -0.2) is 32.3 Å². The smallest absolute Gasteiger partial charge is 0.141 e. The predicted molar refractivity (Wildman–Crippen MR) is 76.8 cm³/mol. The summed E-state index contributed by atoms with van der Waals surface area (Å²) in [5, 5.41) is 7.84. The monoisotopic (exact) mass is 268 g/mol. The molecule has 1 fully saturated rings. The highest BCUT2D eigenvalue weighted by Crippen LogP contribution is 2.39. The zero-order valence-electron chi connectivity index (χ0n) is 11.6. The van der Waals surface area contributed by atoms with Gasteiger partial charge in [0.2, 0.25) is 0 Å². The summed E-state index contributed by atoms with van der Waals surface area (Å²) < 4.78 is 2.45. The van der Waals surface area contributed by atoms with Gasteiger partial charge in [-0.1, -0.05) is 12.8 Å². The number of rotatable bonds is 6. The Kier molecular flexibility index (Phi) is 4.67. The van der Waals surface area contributed by atoms with Crippen molar-refractivity contribution in [3.63, 3.8) is 0 Å². The third kappa shape index (κ3) is 3.06. The van der Waals surface area contributed by atoms with Crippen LogP contribution in [-0.2, 0) is 6.54 Å². The molecule has 1 aromatic heterocycles. The van der Waals surface area contributed by atoms with Crippen LogP contribution < -0.4 is 5.32 Å². The normalized spacial score (nSPS) is 18.7. The molecular weight excluding hydrogens is 244 g/mol. The molecule has 0 aromatic carbocycles. The van der Waals surface area contributed by atoms with Gasteiger partial charge in [-0.2, -0.15) is 16.9 Å². The summed E-state index contributed by atoms with van der Waals surface area (Å²) in [4.78, 5) is 4.33. The molecule has 1 aliphatic carbocycles. The molecule has 1 saturated carbocycles. The van der Waals surface area contributed by atoms with Gasteiger partial charge in [0.1, 0.15) is 12.2 Å². The highest BCUT2D eigenvalue weighted by atomic mass is 32.2. The summed E-state index contributed by atoms with van der Waals surface area (Å²) in [7, 11) is 0. The van der Waals surface area contributed by atoms with Crippen molar-refractivity contribution >= 4 is 11.8 Å². The van der Waals surface area contributed by atoms with Crippen LogP contribution in [0, 0.1) is 0 Å². The third-order valence-electron chi connectivity index (χ3n) is 3.81. The molecule has 1 heterocycles. The van der Waals surface area contributed by atoms with E-state index in [4.69, 9.17) is 0 Å². The minimum Gasteiger partial charge on any atom is -0.308 e. The van der Waals surface area contributed by atoms with Gasteiger partial charge in [0.05, 0.1) is 6.54 Å². The minimum absolute atomic E-state index is 0.380. The van der Waals surface area contributed by atoms with Crippen molar-refractivity contribution in [2.24, 2.45) is 0 Å². The second kappa shape index (κ2) is 6.06. The lowest BCUT2D eigenvalue weighted by Crippen LogP contribution is -2.35. The summed E-state index contributed by atoms with van der Waals surface area (Å²) in [5.41, 5.74) is 0. The van der Waals surface area contributed by atoms with Crippen molar-refractivity contribution in [1.82, 2.24) is 20.1 Å². The molecule has 0 atom stereocenters. The van der Waals surface area contributed by atoms with Crippen LogP contribution in [0.15, 0.2) is 6.33 Å². The fourth-order valence-electron chi connectivity index (χ4n) is 2.71. The minimum atomic E-state index is 0.380. The van der Waals surface area contributed by atoms with Gasteiger partial charge in [-0.05, 0) is 32.9 Å². The summed E-state index contributed by atoms with van der Waals surface area (Å²) >= 11 is 2.02. The van der Waals surface area contributed by atoms with E-state index in [2.05, 4.69) is 35.5 Å². The molecule has 0 bridgehead atoms. The zero-order chi connectivity index (χ0) is 13.0. The van der Waals surface area contributed by atoms with Crippen molar-refractivity contribution in [3.8, 4) is 0 Å². The molecule has 1 aliphatic rings. The SMILES string of the molecule is CSC1(CNCc2ncnn2C(C)C)CCCC1. The number of aromatic nitrogens is 3. The summed E-state index contributed by atoms with van der Waals surface area (Å²) in [6.45, 7) is 6.18. The van der Waals surface area contributed by atoms with Crippen LogP contribution in [0.2, 0.25) is 0 Å². The Morgan fingerprint density at radius 3 is 2.78 bits per heavy atom. The zero-order valence-corrected chi connectivity index (χ0v) is 12.5. The molecule has 0 saturated heterocycles. The van der Waals surface area contributed by atoms with Crippen LogP contribution in [0.5, 0.6) is 0 Å². The van der Waals surface area contributed by atoms with E-state index in [0.29, 0.717) is 10.8 Å². The average Bonchev–Trinajstić information content (AvgIpc) is 2.98. The van der Waals surface area contributed by atoms with Gasteiger partial charge < -0.3 is 5.32 Å². The van der Waals surface area contributed by atoms with E-state index < -0.39 is 0 Å². The Morgan fingerprint density at radius 2 is 2.17 bits per heavy atom. The highest BCUT2D eigenvalue weighted by Gasteiger charge is 2.32. The Morgan fingerprint density at radius 1 is 1.44 bits per heavy atom. The first kappa shape index (κ1) is 13.9. The number of thioether (sulfide) groups is 1. The third-order valence-corrected chi connectivity index (χ3v) is 5.23. The molecule has 18 heavy (non-hydrogen) atoms. The largest absolute Gasteiger partial charge is 0.308 e. The van der Waals surface area contributed by atoms with E-state index in [1.54, 1.807) is 6.33 Å². The van der Waals surface area contributed by atoms with Gasteiger partial charge in [-0.3, -0.25) is 0 Å². The van der Waals surface area contributed by atoms with Crippen LogP contribution in [0.4, 0.5) is 0 Å². The second-order valence-corrected chi connectivity index (χ2v) is 6.69. The highest BCUT2D eigenvalue weighted by molar-refractivity contribution is 8.00. The fraction of sp³-hybridized carbons (Fsp3) is 0.846. The van der Waals surface area contributed by atoms with Gasteiger partial charge in [0.15, 0.2) is 0 Å². The van der Waals surface area contributed by atoms with E-state index in [0.717, 1.165) is 18.9 Å². The first-order chi connectivity index (χ1) is 8.67. The summed E-state index contributed by atoms with van der Waals surface area (Å²) in [6.07, 6.45) is 9.34. The number of hydrogen-bond donors (Lipinski definition) is 1. The van der Waals surface area contributed by atoms with Crippen LogP contribution in [0.1, 0.15) is 51.4 Å². The lowest BCUT2D eigenvalue weighted by molar-refractivity contribution is 0.473. The Labute approximate surface area is 114 Å². The molecule has 1 aromatic rings. The standard InChI is InChI=1S/C13H24N4S/c1-11(2)17-12(15-10-16-17)8-14-9-13(18-3)6-4-5-7-13/h10-11,14H,4-9H2,1-3H3. The van der Waals surface area contributed by atoms with Gasteiger partial charge in [-0.25, -0.2) is 9.67 Å². The maximum atomic E-state index is 4.33. The number of nitrogens with zero attached hydrogens (tertiary/aromatic N) is 3. The van der Waals surface area contributed by atoms with Gasteiger partial charge >= 0.3 is 0 Å². The topological polar surface area (TPSA) is 42.7 Å². The maximum absolute atomic E-state index is 4.33. The van der Waals surface area contributed by atoms with E-state index in [1.165, 1.54) is 25.7 Å². The van der Waals surface area contributed by atoms with E-state index in [9.17, 15) is 0 Å². The Balaban J connectivity index is 1.86. The van der Waals surface area contributed by atoms with E-state index in [1.807, 2.05) is 16.4 Å². The molecule has 0 unspecified atom stereocenters. The first-order valence-electron chi connectivity index (χ1n) is 6.81. The van der Waals surface area contributed by atoms with Crippen LogP contribution in [0.3, 0.4) is 0 Å². The second-order valence-electron chi connectivity index (χ2n) is 5.41. The molecule has 4 nitrogen and oxygen atoms in total. The Hall–Kier alpha value is -0.550. The van der Waals surface area contributed by atoms with Crippen LogP contribution >= 0.6 is 11.8 Å². The van der Waals surface area contributed by atoms with Crippen LogP contribution in [0.25, 0.3) is 0 Å². The van der Waals surface area contributed by atoms with Crippen molar-refractivity contribution in [2.45, 2.75) is 56.9 Å². The lowest BCUT2D eigenvalue weighted by Gasteiger charge is -2.27. The van der Waals surface area contributed by atoms with Gasteiger partial charge in [0.25, 0.3) is 0 Å². The van der Waals surface area contributed by atoms with Gasteiger partial charge in [-0.15, -0.1) is 0 Å². The van der Waals surface area contributed by atoms with E-state index >= 15 is 0 Å². The summed E-state index contributed by atoms with van der Waals surface area (Å²) in [5.74, 6) is 1.04.